The second-order valence-electron chi connectivity index (χ2n) is 7.16. The molecule has 0 bridgehead atoms. The molecule has 2 aliphatic rings. The van der Waals surface area contributed by atoms with E-state index in [1.54, 1.807) is 0 Å². The van der Waals surface area contributed by atoms with Crippen LogP contribution >= 0.6 is 24.0 Å². The Morgan fingerprint density at radius 1 is 1.08 bits per heavy atom. The van der Waals surface area contributed by atoms with Gasteiger partial charge in [0.1, 0.15) is 0 Å². The lowest BCUT2D eigenvalue weighted by molar-refractivity contribution is -0.0352. The number of guanidine groups is 1. The second kappa shape index (κ2) is 11.1. The molecule has 1 aromatic heterocycles. The average molecular weight is 475 g/mol. The predicted octanol–water partition coefficient (Wildman–Crippen LogP) is 2.31. The smallest absolute Gasteiger partial charge is 0.191 e. The van der Waals surface area contributed by atoms with Gasteiger partial charge in [-0.25, -0.2) is 0 Å². The summed E-state index contributed by atoms with van der Waals surface area (Å²) in [5.74, 6) is 0.908. The number of rotatable bonds is 6. The molecule has 2 N–H and O–H groups in total. The predicted molar refractivity (Wildman–Crippen MR) is 117 cm³/mol. The summed E-state index contributed by atoms with van der Waals surface area (Å²) in [7, 11) is 1.85. The van der Waals surface area contributed by atoms with Gasteiger partial charge in [-0.1, -0.05) is 19.3 Å². The molecular weight excluding hydrogens is 441 g/mol. The molecule has 148 valence electrons. The highest BCUT2D eigenvalue weighted by molar-refractivity contribution is 14.0. The largest absolute Gasteiger partial charge is 0.379 e. The Labute approximate surface area is 174 Å². The molecule has 7 heteroatoms. The van der Waals surface area contributed by atoms with Crippen molar-refractivity contribution in [3.63, 3.8) is 0 Å². The van der Waals surface area contributed by atoms with Gasteiger partial charge in [-0.3, -0.25) is 9.89 Å². The number of hydrogen-bond acceptors (Lipinski definition) is 3. The first-order chi connectivity index (χ1) is 12.3. The number of ether oxygens (including phenoxy) is 1. The molecule has 3 rings (SSSR count). The third-order valence-corrected chi connectivity index (χ3v) is 5.60. The zero-order valence-electron chi connectivity index (χ0n) is 16.0. The summed E-state index contributed by atoms with van der Waals surface area (Å²) in [6.45, 7) is 6.64. The first-order valence-electron chi connectivity index (χ1n) is 9.70. The van der Waals surface area contributed by atoms with Crippen molar-refractivity contribution in [2.45, 2.75) is 44.2 Å². The Balaban J connectivity index is 0.00000243. The molecule has 1 aliphatic heterocycles. The van der Waals surface area contributed by atoms with Gasteiger partial charge in [0.2, 0.25) is 0 Å². The fourth-order valence-electron chi connectivity index (χ4n) is 4.14. The van der Waals surface area contributed by atoms with Crippen molar-refractivity contribution in [3.8, 4) is 0 Å². The van der Waals surface area contributed by atoms with Crippen molar-refractivity contribution >= 4 is 29.9 Å². The Kier molecular flexibility index (Phi) is 9.21. The van der Waals surface area contributed by atoms with Gasteiger partial charge in [0.25, 0.3) is 0 Å². The average Bonchev–Trinajstić information content (AvgIpc) is 3.19. The summed E-state index contributed by atoms with van der Waals surface area (Å²) < 4.78 is 7.75. The monoisotopic (exact) mass is 475 g/mol. The fraction of sp³-hybridized carbons (Fsp3) is 0.737. The molecule has 0 atom stereocenters. The van der Waals surface area contributed by atoms with Gasteiger partial charge < -0.3 is 19.9 Å². The van der Waals surface area contributed by atoms with Crippen molar-refractivity contribution in [2.24, 2.45) is 4.99 Å². The summed E-state index contributed by atoms with van der Waals surface area (Å²) in [5.41, 5.74) is 0.264. The molecule has 1 aromatic rings. The normalized spacial score (nSPS) is 21.0. The zero-order chi connectivity index (χ0) is 17.4. The van der Waals surface area contributed by atoms with Crippen LogP contribution in [0.25, 0.3) is 0 Å². The molecule has 26 heavy (non-hydrogen) atoms. The summed E-state index contributed by atoms with van der Waals surface area (Å²) in [6, 6.07) is 4.12. The van der Waals surface area contributed by atoms with E-state index in [4.69, 9.17) is 4.74 Å². The Morgan fingerprint density at radius 2 is 1.77 bits per heavy atom. The highest BCUT2D eigenvalue weighted by atomic mass is 127. The van der Waals surface area contributed by atoms with Crippen molar-refractivity contribution in [1.29, 1.82) is 0 Å². The third kappa shape index (κ3) is 5.85. The van der Waals surface area contributed by atoms with E-state index in [0.717, 1.165) is 51.9 Å². The summed E-state index contributed by atoms with van der Waals surface area (Å²) in [4.78, 5) is 7.07. The lowest BCUT2D eigenvalue weighted by Crippen LogP contribution is -2.60. The Bertz CT molecular complexity index is 522. The van der Waals surface area contributed by atoms with Gasteiger partial charge in [0.05, 0.1) is 13.2 Å². The van der Waals surface area contributed by atoms with Gasteiger partial charge in [0.15, 0.2) is 5.96 Å². The van der Waals surface area contributed by atoms with Crippen LogP contribution in [-0.4, -0.2) is 67.4 Å². The molecule has 6 nitrogen and oxygen atoms in total. The van der Waals surface area contributed by atoms with Gasteiger partial charge in [-0.05, 0) is 25.0 Å². The molecule has 1 aliphatic carbocycles. The number of halogens is 1. The quantitative estimate of drug-likeness (QED) is 0.377. The van der Waals surface area contributed by atoms with Crippen LogP contribution in [0.1, 0.15) is 32.1 Å². The molecule has 0 amide bonds. The minimum Gasteiger partial charge on any atom is -0.379 e. The first-order valence-corrected chi connectivity index (χ1v) is 9.70. The Hall–Kier alpha value is -0.800. The van der Waals surface area contributed by atoms with Crippen LogP contribution in [0.5, 0.6) is 0 Å². The first kappa shape index (κ1) is 21.5. The number of hydrogen-bond donors (Lipinski definition) is 2. The number of aromatic nitrogens is 1. The van der Waals surface area contributed by atoms with Crippen molar-refractivity contribution < 1.29 is 4.74 Å². The molecule has 0 spiro atoms. The molecule has 2 heterocycles. The van der Waals surface area contributed by atoms with E-state index in [9.17, 15) is 0 Å². The molecule has 0 aromatic carbocycles. The second-order valence-corrected chi connectivity index (χ2v) is 7.16. The number of nitrogens with zero attached hydrogens (tertiary/aromatic N) is 3. The van der Waals surface area contributed by atoms with Crippen LogP contribution in [0.4, 0.5) is 0 Å². The van der Waals surface area contributed by atoms with E-state index < -0.39 is 0 Å². The minimum atomic E-state index is 0. The fourth-order valence-corrected chi connectivity index (χ4v) is 4.14. The third-order valence-electron chi connectivity index (χ3n) is 5.60. The summed E-state index contributed by atoms with van der Waals surface area (Å²) >= 11 is 0. The van der Waals surface area contributed by atoms with Gasteiger partial charge in [0, 0.05) is 57.7 Å². The van der Waals surface area contributed by atoms with Crippen LogP contribution < -0.4 is 10.6 Å². The number of nitrogens with one attached hydrogen (secondary N) is 2. The molecule has 1 saturated heterocycles. The van der Waals surface area contributed by atoms with Crippen molar-refractivity contribution in [2.75, 3.05) is 46.4 Å². The van der Waals surface area contributed by atoms with E-state index >= 15 is 0 Å². The van der Waals surface area contributed by atoms with Crippen molar-refractivity contribution in [1.82, 2.24) is 20.1 Å². The van der Waals surface area contributed by atoms with Crippen LogP contribution in [0.3, 0.4) is 0 Å². The summed E-state index contributed by atoms with van der Waals surface area (Å²) in [5, 5.41) is 7.05. The van der Waals surface area contributed by atoms with E-state index in [2.05, 4.69) is 49.6 Å². The van der Waals surface area contributed by atoms with Crippen molar-refractivity contribution in [3.05, 3.63) is 24.5 Å². The van der Waals surface area contributed by atoms with E-state index in [1.807, 2.05) is 7.05 Å². The lowest BCUT2D eigenvalue weighted by Gasteiger charge is -2.48. The topological polar surface area (TPSA) is 53.8 Å². The highest BCUT2D eigenvalue weighted by Crippen LogP contribution is 2.33. The van der Waals surface area contributed by atoms with Crippen LogP contribution in [0.2, 0.25) is 0 Å². The number of morpholine rings is 1. The molecule has 1 saturated carbocycles. The van der Waals surface area contributed by atoms with Crippen LogP contribution in [0.15, 0.2) is 29.5 Å². The lowest BCUT2D eigenvalue weighted by atomic mass is 9.80. The van der Waals surface area contributed by atoms with Gasteiger partial charge in [-0.15, -0.1) is 24.0 Å². The SMILES string of the molecule is CN=C(NCCn1cccc1)NCC1(N2CCOCC2)CCCCC1.I. The minimum absolute atomic E-state index is 0. The van der Waals surface area contributed by atoms with E-state index in [0.29, 0.717) is 0 Å². The van der Waals surface area contributed by atoms with E-state index in [1.165, 1.54) is 32.1 Å². The Morgan fingerprint density at radius 3 is 2.42 bits per heavy atom. The van der Waals surface area contributed by atoms with Crippen LogP contribution in [0, 0.1) is 0 Å². The maximum atomic E-state index is 5.57. The maximum Gasteiger partial charge on any atom is 0.191 e. The highest BCUT2D eigenvalue weighted by Gasteiger charge is 2.38. The molecule has 0 radical (unpaired) electrons. The van der Waals surface area contributed by atoms with Gasteiger partial charge in [-0.2, -0.15) is 0 Å². The van der Waals surface area contributed by atoms with E-state index in [-0.39, 0.29) is 29.5 Å². The standard InChI is InChI=1S/C19H33N5O.HI/c1-20-18(21-9-12-23-10-5-6-11-23)22-17-19(7-3-2-4-8-19)24-13-15-25-16-14-24;/h5-6,10-11H,2-4,7-9,12-17H2,1H3,(H2,20,21,22);1H. The van der Waals surface area contributed by atoms with Crippen LogP contribution in [-0.2, 0) is 11.3 Å². The maximum absolute atomic E-state index is 5.57. The molecular formula is C19H34IN5O. The summed E-state index contributed by atoms with van der Waals surface area (Å²) in [6.07, 6.45) is 10.8. The molecule has 2 fully saturated rings. The van der Waals surface area contributed by atoms with Gasteiger partial charge >= 0.3 is 0 Å². The zero-order valence-corrected chi connectivity index (χ0v) is 18.3. The molecule has 0 unspecified atom stereocenters. The number of aliphatic imine (C=N–C) groups is 1.